The average Bonchev–Trinajstić information content (AvgIpc) is 2.66. The zero-order chi connectivity index (χ0) is 20.3. The third kappa shape index (κ3) is 4.93. The Balaban J connectivity index is 1.58. The molecule has 1 aliphatic rings. The molecule has 0 saturated carbocycles. The van der Waals surface area contributed by atoms with Gasteiger partial charge in [0, 0.05) is 29.6 Å². The topological polar surface area (TPSA) is 64.4 Å². The van der Waals surface area contributed by atoms with E-state index in [1.54, 1.807) is 46.0 Å². The second-order valence-corrected chi connectivity index (χ2v) is 8.55. The van der Waals surface area contributed by atoms with Crippen molar-refractivity contribution in [1.29, 1.82) is 0 Å². The molecule has 2 heterocycles. The van der Waals surface area contributed by atoms with Crippen LogP contribution < -0.4 is 10.3 Å². The van der Waals surface area contributed by atoms with Gasteiger partial charge < -0.3 is 9.64 Å². The molecule has 0 aliphatic carbocycles. The zero-order valence-corrected chi connectivity index (χ0v) is 17.3. The summed E-state index contributed by atoms with van der Waals surface area (Å²) in [6.45, 7) is 7.36. The van der Waals surface area contributed by atoms with E-state index in [-0.39, 0.29) is 29.5 Å². The van der Waals surface area contributed by atoms with Crippen molar-refractivity contribution in [2.75, 3.05) is 19.7 Å². The predicted molar refractivity (Wildman–Crippen MR) is 109 cm³/mol. The van der Waals surface area contributed by atoms with Gasteiger partial charge in [0.2, 0.25) is 0 Å². The molecular weight excluding hydrogens is 378 g/mol. The average molecular weight is 404 g/mol. The van der Waals surface area contributed by atoms with Crippen molar-refractivity contribution < 1.29 is 9.53 Å². The van der Waals surface area contributed by atoms with Crippen molar-refractivity contribution in [2.45, 2.75) is 45.1 Å². The maximum atomic E-state index is 12.4. The number of piperidine rings is 1. The van der Waals surface area contributed by atoms with Gasteiger partial charge in [-0.05, 0) is 37.1 Å². The Morgan fingerprint density at radius 1 is 1.21 bits per heavy atom. The number of rotatable bonds is 4. The molecular formula is C21H26ClN3O3. The number of carbonyl (C=O) groups is 1. The highest BCUT2D eigenvalue weighted by molar-refractivity contribution is 6.30. The minimum atomic E-state index is -0.121. The standard InChI is InChI=1S/C21H26ClN3O3/c1-21(2,3)18-7-8-19(26)25(23-18)16-9-11-24(12-10-16)20(27)14-28-17-6-4-5-15(22)13-17/h4-8,13,16H,9-12,14H2,1-3H3. The maximum absolute atomic E-state index is 12.4. The SMILES string of the molecule is CC(C)(C)c1ccc(=O)n(C2CCN(C(=O)COc3cccc(Cl)c3)CC2)n1. The molecule has 0 radical (unpaired) electrons. The fourth-order valence-corrected chi connectivity index (χ4v) is 3.42. The van der Waals surface area contributed by atoms with Crippen LogP contribution in [0.2, 0.25) is 5.02 Å². The number of ether oxygens (including phenoxy) is 1. The third-order valence-electron chi connectivity index (χ3n) is 4.91. The molecule has 0 atom stereocenters. The Bertz CT molecular complexity index is 896. The highest BCUT2D eigenvalue weighted by Crippen LogP contribution is 2.23. The Morgan fingerprint density at radius 2 is 1.93 bits per heavy atom. The van der Waals surface area contributed by atoms with E-state index in [0.29, 0.717) is 36.7 Å². The van der Waals surface area contributed by atoms with Crippen LogP contribution in [0.4, 0.5) is 0 Å². The minimum absolute atomic E-state index is 0.00713. The van der Waals surface area contributed by atoms with Gasteiger partial charge in [0.05, 0.1) is 11.7 Å². The molecule has 1 aromatic heterocycles. The second-order valence-electron chi connectivity index (χ2n) is 8.11. The molecule has 2 aromatic rings. The molecule has 1 aromatic carbocycles. The lowest BCUT2D eigenvalue weighted by Gasteiger charge is -2.32. The van der Waals surface area contributed by atoms with Crippen LogP contribution in [0.25, 0.3) is 0 Å². The molecule has 7 heteroatoms. The second kappa shape index (κ2) is 8.35. The summed E-state index contributed by atoms with van der Waals surface area (Å²) >= 11 is 5.93. The van der Waals surface area contributed by atoms with E-state index in [9.17, 15) is 9.59 Å². The molecule has 28 heavy (non-hydrogen) atoms. The highest BCUT2D eigenvalue weighted by Gasteiger charge is 2.26. The lowest BCUT2D eigenvalue weighted by molar-refractivity contribution is -0.134. The molecule has 0 unspecified atom stereocenters. The summed E-state index contributed by atoms with van der Waals surface area (Å²) in [5.74, 6) is 0.507. The first-order valence-electron chi connectivity index (χ1n) is 9.50. The van der Waals surface area contributed by atoms with E-state index in [1.807, 2.05) is 0 Å². The van der Waals surface area contributed by atoms with Crippen LogP contribution in [0.5, 0.6) is 5.75 Å². The first kappa shape index (κ1) is 20.4. The normalized spacial score (nSPS) is 15.5. The van der Waals surface area contributed by atoms with Crippen LogP contribution in [0.3, 0.4) is 0 Å². The predicted octanol–water partition coefficient (Wildman–Crippen LogP) is 3.44. The van der Waals surface area contributed by atoms with Crippen molar-refractivity contribution in [2.24, 2.45) is 0 Å². The van der Waals surface area contributed by atoms with Gasteiger partial charge in [0.1, 0.15) is 5.75 Å². The molecule has 0 N–H and O–H groups in total. The number of carbonyl (C=O) groups excluding carboxylic acids is 1. The van der Waals surface area contributed by atoms with E-state index in [1.165, 1.54) is 0 Å². The summed E-state index contributed by atoms with van der Waals surface area (Å²) in [6.07, 6.45) is 1.40. The number of hydrogen-bond donors (Lipinski definition) is 0. The molecule has 1 aliphatic heterocycles. The van der Waals surface area contributed by atoms with Gasteiger partial charge >= 0.3 is 0 Å². The summed E-state index contributed by atoms with van der Waals surface area (Å²) in [7, 11) is 0. The smallest absolute Gasteiger partial charge is 0.267 e. The van der Waals surface area contributed by atoms with Gasteiger partial charge in [-0.2, -0.15) is 5.10 Å². The number of hydrogen-bond acceptors (Lipinski definition) is 4. The van der Waals surface area contributed by atoms with E-state index >= 15 is 0 Å². The van der Waals surface area contributed by atoms with Crippen molar-refractivity contribution in [3.8, 4) is 5.75 Å². The monoisotopic (exact) mass is 403 g/mol. The lowest BCUT2D eigenvalue weighted by atomic mass is 9.92. The summed E-state index contributed by atoms with van der Waals surface area (Å²) in [6, 6.07) is 10.4. The van der Waals surface area contributed by atoms with Gasteiger partial charge in [-0.25, -0.2) is 4.68 Å². The third-order valence-corrected chi connectivity index (χ3v) is 5.15. The zero-order valence-electron chi connectivity index (χ0n) is 16.5. The largest absolute Gasteiger partial charge is 0.484 e. The van der Waals surface area contributed by atoms with Crippen LogP contribution in [0, 0.1) is 0 Å². The van der Waals surface area contributed by atoms with Crippen LogP contribution in [-0.2, 0) is 10.2 Å². The molecule has 0 spiro atoms. The number of aromatic nitrogens is 2. The number of nitrogens with zero attached hydrogens (tertiary/aromatic N) is 3. The number of amides is 1. The van der Waals surface area contributed by atoms with E-state index in [0.717, 1.165) is 5.69 Å². The minimum Gasteiger partial charge on any atom is -0.484 e. The maximum Gasteiger partial charge on any atom is 0.267 e. The summed E-state index contributed by atoms with van der Waals surface area (Å²) in [5, 5.41) is 5.16. The summed E-state index contributed by atoms with van der Waals surface area (Å²) in [5.41, 5.74) is 0.673. The van der Waals surface area contributed by atoms with E-state index < -0.39 is 0 Å². The Labute approximate surface area is 170 Å². The Kier molecular flexibility index (Phi) is 6.08. The summed E-state index contributed by atoms with van der Waals surface area (Å²) < 4.78 is 7.13. The molecule has 0 bridgehead atoms. The van der Waals surface area contributed by atoms with E-state index in [4.69, 9.17) is 16.3 Å². The fraction of sp³-hybridized carbons (Fsp3) is 0.476. The van der Waals surface area contributed by atoms with Crippen LogP contribution >= 0.6 is 11.6 Å². The van der Waals surface area contributed by atoms with Gasteiger partial charge in [-0.3, -0.25) is 9.59 Å². The van der Waals surface area contributed by atoms with Crippen molar-refractivity contribution in [3.63, 3.8) is 0 Å². The number of halogens is 1. The van der Waals surface area contributed by atoms with Crippen LogP contribution in [0.15, 0.2) is 41.2 Å². The number of benzene rings is 1. The molecule has 1 fully saturated rings. The molecule has 150 valence electrons. The van der Waals surface area contributed by atoms with Crippen LogP contribution in [-0.4, -0.2) is 40.3 Å². The van der Waals surface area contributed by atoms with Gasteiger partial charge in [0.25, 0.3) is 11.5 Å². The van der Waals surface area contributed by atoms with Crippen molar-refractivity contribution >= 4 is 17.5 Å². The Morgan fingerprint density at radius 3 is 2.57 bits per heavy atom. The highest BCUT2D eigenvalue weighted by atomic mass is 35.5. The summed E-state index contributed by atoms with van der Waals surface area (Å²) in [4.78, 5) is 26.5. The van der Waals surface area contributed by atoms with E-state index in [2.05, 4.69) is 25.9 Å². The van der Waals surface area contributed by atoms with Crippen molar-refractivity contribution in [1.82, 2.24) is 14.7 Å². The Hall–Kier alpha value is -2.34. The van der Waals surface area contributed by atoms with Crippen molar-refractivity contribution in [3.05, 3.63) is 57.5 Å². The molecule has 6 nitrogen and oxygen atoms in total. The number of likely N-dealkylation sites (tertiary alicyclic amines) is 1. The van der Waals surface area contributed by atoms with Gasteiger partial charge in [0.15, 0.2) is 6.61 Å². The van der Waals surface area contributed by atoms with Gasteiger partial charge in [-0.15, -0.1) is 0 Å². The first-order valence-corrected chi connectivity index (χ1v) is 9.88. The lowest BCUT2D eigenvalue weighted by Crippen LogP contribution is -2.43. The fourth-order valence-electron chi connectivity index (χ4n) is 3.24. The van der Waals surface area contributed by atoms with Crippen LogP contribution in [0.1, 0.15) is 45.3 Å². The molecule has 1 saturated heterocycles. The molecule has 3 rings (SSSR count). The first-order chi connectivity index (χ1) is 13.2. The van der Waals surface area contributed by atoms with Gasteiger partial charge in [-0.1, -0.05) is 38.4 Å². The molecule has 1 amide bonds. The quantitative estimate of drug-likeness (QED) is 0.784.